The summed E-state index contributed by atoms with van der Waals surface area (Å²) >= 11 is 0. The third-order valence-corrected chi connectivity index (χ3v) is 1.61. The highest BCUT2D eigenvalue weighted by molar-refractivity contribution is 5.62. The standard InChI is InChI=1S/C12H10/c1-3-7-11(8-4-1)12-9-5-2-6-10-12/h1-10H/i1D,3D,7D,8D. The molecule has 0 aromatic heterocycles. The second-order valence-corrected chi connectivity index (χ2v) is 2.42. The van der Waals surface area contributed by atoms with E-state index in [0.717, 1.165) is 5.56 Å². The number of benzene rings is 2. The normalized spacial score (nSPS) is 14.3. The van der Waals surface area contributed by atoms with Gasteiger partial charge in [0.15, 0.2) is 0 Å². The minimum absolute atomic E-state index is 0.0521. The lowest BCUT2D eigenvalue weighted by Crippen LogP contribution is -1.73. The summed E-state index contributed by atoms with van der Waals surface area (Å²) in [5, 5.41) is 0. The van der Waals surface area contributed by atoms with Crippen molar-refractivity contribution in [2.24, 2.45) is 0 Å². The quantitative estimate of drug-likeness (QED) is 0.597. The van der Waals surface area contributed by atoms with Crippen molar-refractivity contribution in [3.8, 4) is 11.1 Å². The van der Waals surface area contributed by atoms with Crippen LogP contribution in [0.3, 0.4) is 0 Å². The summed E-state index contributed by atoms with van der Waals surface area (Å²) < 4.78 is 30.6. The fraction of sp³-hybridized carbons (Fsp3) is 0. The van der Waals surface area contributed by atoms with Crippen LogP contribution in [-0.4, -0.2) is 0 Å². The smallest absolute Gasteiger partial charge is 0.0622 e. The molecule has 0 amide bonds. The molecule has 0 atom stereocenters. The third kappa shape index (κ3) is 1.37. The minimum atomic E-state index is -0.130. The van der Waals surface area contributed by atoms with E-state index in [1.54, 1.807) is 12.1 Å². The number of rotatable bonds is 1. The van der Waals surface area contributed by atoms with Crippen molar-refractivity contribution >= 4 is 0 Å². The second-order valence-electron chi connectivity index (χ2n) is 2.42. The van der Waals surface area contributed by atoms with E-state index in [2.05, 4.69) is 0 Å². The van der Waals surface area contributed by atoms with Gasteiger partial charge in [0.25, 0.3) is 0 Å². The van der Waals surface area contributed by atoms with Crippen LogP contribution in [0.15, 0.2) is 60.6 Å². The molecule has 2 aromatic carbocycles. The monoisotopic (exact) mass is 158 g/mol. The molecule has 12 heavy (non-hydrogen) atoms. The molecule has 0 aliphatic rings. The minimum Gasteiger partial charge on any atom is -0.0622 e. The highest BCUT2D eigenvalue weighted by atomic mass is 14.0. The van der Waals surface area contributed by atoms with Gasteiger partial charge >= 0.3 is 0 Å². The Labute approximate surface area is 78.1 Å². The van der Waals surface area contributed by atoms with Gasteiger partial charge in [-0.3, -0.25) is 0 Å². The Bertz CT molecular complexity index is 520. The summed E-state index contributed by atoms with van der Waals surface area (Å²) in [6.45, 7) is 0. The van der Waals surface area contributed by atoms with Gasteiger partial charge in [0, 0.05) is 0 Å². The van der Waals surface area contributed by atoms with Crippen LogP contribution in [0.4, 0.5) is 0 Å². The lowest BCUT2D eigenvalue weighted by molar-refractivity contribution is 1.62. The number of hydrogen-bond donors (Lipinski definition) is 0. The third-order valence-electron chi connectivity index (χ3n) is 1.61. The van der Waals surface area contributed by atoms with Crippen LogP contribution in [0.1, 0.15) is 5.48 Å². The van der Waals surface area contributed by atoms with Crippen molar-refractivity contribution in [3.05, 3.63) is 60.6 Å². The molecule has 0 saturated carbocycles. The summed E-state index contributed by atoms with van der Waals surface area (Å²) in [5.74, 6) is 0. The van der Waals surface area contributed by atoms with E-state index in [-0.39, 0.29) is 24.2 Å². The van der Waals surface area contributed by atoms with Gasteiger partial charge in [-0.15, -0.1) is 0 Å². The maximum atomic E-state index is 7.79. The average Bonchev–Trinajstić information content (AvgIpc) is 2.28. The van der Waals surface area contributed by atoms with Crippen molar-refractivity contribution in [3.63, 3.8) is 0 Å². The summed E-state index contributed by atoms with van der Waals surface area (Å²) in [6.07, 6.45) is 0. The largest absolute Gasteiger partial charge is 0.0629 e. The Morgan fingerprint density at radius 1 is 0.750 bits per heavy atom. The van der Waals surface area contributed by atoms with Crippen LogP contribution in [0.2, 0.25) is 0 Å². The Morgan fingerprint density at radius 2 is 1.58 bits per heavy atom. The highest BCUT2D eigenvalue weighted by Crippen LogP contribution is 2.17. The Morgan fingerprint density at radius 3 is 2.42 bits per heavy atom. The Kier molecular flexibility index (Phi) is 1.05. The zero-order valence-corrected chi connectivity index (χ0v) is 6.46. The summed E-state index contributed by atoms with van der Waals surface area (Å²) in [5.41, 5.74) is 1.16. The molecule has 0 aliphatic heterocycles. The van der Waals surface area contributed by atoms with Crippen LogP contribution < -0.4 is 0 Å². The molecule has 0 bridgehead atoms. The van der Waals surface area contributed by atoms with Crippen LogP contribution in [-0.2, 0) is 0 Å². The van der Waals surface area contributed by atoms with Gasteiger partial charge in [0.05, 0.1) is 5.48 Å². The van der Waals surface area contributed by atoms with E-state index < -0.39 is 0 Å². The predicted octanol–water partition coefficient (Wildman–Crippen LogP) is 3.35. The van der Waals surface area contributed by atoms with Gasteiger partial charge in [-0.1, -0.05) is 60.6 Å². The van der Waals surface area contributed by atoms with Crippen LogP contribution >= 0.6 is 0 Å². The molecule has 0 nitrogen and oxygen atoms in total. The number of hydrogen-bond acceptors (Lipinski definition) is 0. The zero-order valence-electron chi connectivity index (χ0n) is 10.5. The van der Waals surface area contributed by atoms with E-state index in [1.807, 2.05) is 18.2 Å². The van der Waals surface area contributed by atoms with Crippen molar-refractivity contribution in [1.29, 1.82) is 0 Å². The molecule has 0 spiro atoms. The predicted molar refractivity (Wildman–Crippen MR) is 51.9 cm³/mol. The molecule has 2 rings (SSSR count). The van der Waals surface area contributed by atoms with Gasteiger partial charge in [-0.2, -0.15) is 0 Å². The van der Waals surface area contributed by atoms with Crippen molar-refractivity contribution < 1.29 is 5.48 Å². The van der Waals surface area contributed by atoms with E-state index in [0.29, 0.717) is 5.56 Å². The first kappa shape index (κ1) is 3.90. The van der Waals surface area contributed by atoms with Crippen molar-refractivity contribution in [2.45, 2.75) is 0 Å². The highest BCUT2D eigenvalue weighted by Gasteiger charge is 1.91. The van der Waals surface area contributed by atoms with Crippen LogP contribution in [0.5, 0.6) is 0 Å². The van der Waals surface area contributed by atoms with Gasteiger partial charge in [0.2, 0.25) is 0 Å². The van der Waals surface area contributed by atoms with Gasteiger partial charge in [-0.25, -0.2) is 0 Å². The van der Waals surface area contributed by atoms with E-state index in [1.165, 1.54) is 6.07 Å². The molecule has 0 heterocycles. The summed E-state index contributed by atoms with van der Waals surface area (Å²) in [7, 11) is 0. The first-order chi connectivity index (χ1) is 7.61. The SMILES string of the molecule is [2H]c1cc([2H])c(-c2ccccc2)c([2H])c1[2H]. The van der Waals surface area contributed by atoms with Crippen molar-refractivity contribution in [2.75, 3.05) is 0 Å². The lowest BCUT2D eigenvalue weighted by Gasteiger charge is -1.98. The Balaban J connectivity index is 2.71. The first-order valence-corrected chi connectivity index (χ1v) is 3.74. The molecule has 0 radical (unpaired) electrons. The van der Waals surface area contributed by atoms with Crippen molar-refractivity contribution in [1.82, 2.24) is 0 Å². The van der Waals surface area contributed by atoms with Gasteiger partial charge < -0.3 is 0 Å². The maximum Gasteiger partial charge on any atom is 0.0629 e. The lowest BCUT2D eigenvalue weighted by atomic mass is 10.1. The van der Waals surface area contributed by atoms with Crippen LogP contribution in [0, 0.1) is 0 Å². The zero-order chi connectivity index (χ0) is 11.7. The Hall–Kier alpha value is -1.56. The summed E-state index contributed by atoms with van der Waals surface area (Å²) in [4.78, 5) is 0. The topological polar surface area (TPSA) is 0 Å². The average molecular weight is 158 g/mol. The van der Waals surface area contributed by atoms with E-state index >= 15 is 0 Å². The molecule has 0 heteroatoms. The van der Waals surface area contributed by atoms with E-state index in [9.17, 15) is 0 Å². The molecule has 0 unspecified atom stereocenters. The van der Waals surface area contributed by atoms with E-state index in [4.69, 9.17) is 5.48 Å². The molecular formula is C12H10. The van der Waals surface area contributed by atoms with Crippen LogP contribution in [0.25, 0.3) is 11.1 Å². The fourth-order valence-corrected chi connectivity index (χ4v) is 1.04. The maximum absolute atomic E-state index is 7.79. The molecule has 0 aliphatic carbocycles. The van der Waals surface area contributed by atoms with Gasteiger partial charge in [-0.05, 0) is 11.1 Å². The first-order valence-electron chi connectivity index (χ1n) is 5.74. The molecule has 0 N–H and O–H groups in total. The molecule has 0 saturated heterocycles. The summed E-state index contributed by atoms with van der Waals surface area (Å²) in [6, 6.07) is 10.3. The molecule has 0 fully saturated rings. The molecule has 58 valence electrons. The second kappa shape index (κ2) is 3.22. The molecular weight excluding hydrogens is 144 g/mol. The van der Waals surface area contributed by atoms with Gasteiger partial charge in [0.1, 0.15) is 0 Å². The fourth-order valence-electron chi connectivity index (χ4n) is 1.04. The molecule has 2 aromatic rings.